The number of nitrogens with zero attached hydrogens (tertiary/aromatic N) is 2. The lowest BCUT2D eigenvalue weighted by atomic mass is 10.2. The van der Waals surface area contributed by atoms with Crippen LogP contribution in [0, 0.1) is 0 Å². The third-order valence-corrected chi connectivity index (χ3v) is 5.04. The van der Waals surface area contributed by atoms with E-state index in [0.717, 1.165) is 5.69 Å². The van der Waals surface area contributed by atoms with Crippen LogP contribution < -0.4 is 16.0 Å². The van der Waals surface area contributed by atoms with Crippen LogP contribution in [0.15, 0.2) is 84.6 Å². The van der Waals surface area contributed by atoms with E-state index in [1.165, 1.54) is 11.3 Å². The van der Waals surface area contributed by atoms with Gasteiger partial charge in [-0.25, -0.2) is 4.98 Å². The Morgan fingerprint density at radius 3 is 2.33 bits per heavy atom. The van der Waals surface area contributed by atoms with Gasteiger partial charge in [-0.15, -0.1) is 11.3 Å². The zero-order chi connectivity index (χ0) is 20.8. The summed E-state index contributed by atoms with van der Waals surface area (Å²) in [6.07, 6.45) is 4.66. The molecule has 0 aliphatic rings. The predicted octanol–water partition coefficient (Wildman–Crippen LogP) is 4.79. The molecule has 0 fully saturated rings. The number of hydrogen-bond donors (Lipinski definition) is 3. The molecule has 0 bridgehead atoms. The Morgan fingerprint density at radius 1 is 0.800 bits per heavy atom. The molecule has 0 aliphatic carbocycles. The predicted molar refractivity (Wildman–Crippen MR) is 118 cm³/mol. The minimum absolute atomic E-state index is 0.303. The SMILES string of the molecule is O=C(Nc1ccsc1C(=O)Nc1ccc(Nc2ccccc2)nc1)c1ccncc1. The lowest BCUT2D eigenvalue weighted by molar-refractivity contribution is 0.102. The summed E-state index contributed by atoms with van der Waals surface area (Å²) in [5, 5.41) is 10.5. The highest BCUT2D eigenvalue weighted by molar-refractivity contribution is 7.12. The monoisotopic (exact) mass is 415 g/mol. The molecule has 0 saturated carbocycles. The van der Waals surface area contributed by atoms with E-state index in [-0.39, 0.29) is 11.8 Å². The van der Waals surface area contributed by atoms with E-state index in [0.29, 0.717) is 27.6 Å². The maximum Gasteiger partial charge on any atom is 0.267 e. The molecule has 0 atom stereocenters. The van der Waals surface area contributed by atoms with Gasteiger partial charge in [-0.1, -0.05) is 18.2 Å². The van der Waals surface area contributed by atoms with Crippen molar-refractivity contribution in [1.29, 1.82) is 0 Å². The van der Waals surface area contributed by atoms with Crippen molar-refractivity contribution >= 4 is 46.0 Å². The molecular formula is C22H17N5O2S. The van der Waals surface area contributed by atoms with Crippen molar-refractivity contribution in [2.45, 2.75) is 0 Å². The van der Waals surface area contributed by atoms with Crippen LogP contribution in [0.3, 0.4) is 0 Å². The van der Waals surface area contributed by atoms with Gasteiger partial charge in [-0.3, -0.25) is 14.6 Å². The Kier molecular flexibility index (Phi) is 5.77. The molecule has 1 aromatic carbocycles. The van der Waals surface area contributed by atoms with Crippen molar-refractivity contribution in [2.24, 2.45) is 0 Å². The van der Waals surface area contributed by atoms with Crippen molar-refractivity contribution in [3.05, 3.63) is 95.1 Å². The topological polar surface area (TPSA) is 96.0 Å². The number of rotatable bonds is 6. The summed E-state index contributed by atoms with van der Waals surface area (Å²) in [6, 6.07) is 18.1. The van der Waals surface area contributed by atoms with E-state index in [9.17, 15) is 9.59 Å². The smallest absolute Gasteiger partial charge is 0.267 e. The van der Waals surface area contributed by atoms with Crippen LogP contribution in [0.2, 0.25) is 0 Å². The molecule has 3 N–H and O–H groups in total. The quantitative estimate of drug-likeness (QED) is 0.421. The van der Waals surface area contributed by atoms with Crippen LogP contribution in [0.1, 0.15) is 20.0 Å². The van der Waals surface area contributed by atoms with Gasteiger partial charge in [0.05, 0.1) is 17.6 Å². The van der Waals surface area contributed by atoms with Gasteiger partial charge < -0.3 is 16.0 Å². The van der Waals surface area contributed by atoms with Crippen molar-refractivity contribution in [3.63, 3.8) is 0 Å². The van der Waals surface area contributed by atoms with Gasteiger partial charge in [0, 0.05) is 23.6 Å². The number of thiophene rings is 1. The van der Waals surface area contributed by atoms with E-state index >= 15 is 0 Å². The first kappa shape index (κ1) is 19.3. The molecule has 0 unspecified atom stereocenters. The highest BCUT2D eigenvalue weighted by atomic mass is 32.1. The van der Waals surface area contributed by atoms with Gasteiger partial charge in [-0.05, 0) is 47.8 Å². The van der Waals surface area contributed by atoms with Gasteiger partial charge in [0.15, 0.2) is 0 Å². The highest BCUT2D eigenvalue weighted by Crippen LogP contribution is 2.24. The molecule has 4 rings (SSSR count). The maximum atomic E-state index is 12.7. The second-order valence-electron chi connectivity index (χ2n) is 6.23. The Bertz CT molecular complexity index is 1150. The zero-order valence-electron chi connectivity index (χ0n) is 15.7. The number of benzene rings is 1. The van der Waals surface area contributed by atoms with Gasteiger partial charge in [0.1, 0.15) is 10.7 Å². The summed E-state index contributed by atoms with van der Waals surface area (Å²) >= 11 is 1.25. The molecule has 0 spiro atoms. The summed E-state index contributed by atoms with van der Waals surface area (Å²) < 4.78 is 0. The molecule has 148 valence electrons. The molecule has 2 amide bonds. The highest BCUT2D eigenvalue weighted by Gasteiger charge is 2.16. The molecular weight excluding hydrogens is 398 g/mol. The number of carbonyl (C=O) groups is 2. The van der Waals surface area contributed by atoms with Crippen molar-refractivity contribution in [2.75, 3.05) is 16.0 Å². The van der Waals surface area contributed by atoms with E-state index in [1.807, 2.05) is 30.3 Å². The van der Waals surface area contributed by atoms with Gasteiger partial charge in [-0.2, -0.15) is 0 Å². The summed E-state index contributed by atoms with van der Waals surface area (Å²) in [4.78, 5) is 33.7. The Labute approximate surface area is 176 Å². The van der Waals surface area contributed by atoms with Crippen molar-refractivity contribution in [1.82, 2.24) is 9.97 Å². The number of pyridine rings is 2. The maximum absolute atomic E-state index is 12.7. The first-order valence-electron chi connectivity index (χ1n) is 9.07. The second kappa shape index (κ2) is 8.97. The summed E-state index contributed by atoms with van der Waals surface area (Å²) in [5.74, 6) is 0.0454. The fourth-order valence-corrected chi connectivity index (χ4v) is 3.42. The number of nitrogens with one attached hydrogen (secondary N) is 3. The number of aromatic nitrogens is 2. The van der Waals surface area contributed by atoms with Crippen LogP contribution in [0.5, 0.6) is 0 Å². The van der Waals surface area contributed by atoms with Crippen LogP contribution in [0.4, 0.5) is 22.9 Å². The number of hydrogen-bond acceptors (Lipinski definition) is 6. The lowest BCUT2D eigenvalue weighted by Crippen LogP contribution is -2.16. The minimum Gasteiger partial charge on any atom is -0.340 e. The molecule has 0 aliphatic heterocycles. The Balaban J connectivity index is 1.41. The average molecular weight is 415 g/mol. The van der Waals surface area contributed by atoms with Crippen LogP contribution >= 0.6 is 11.3 Å². The molecule has 8 heteroatoms. The van der Waals surface area contributed by atoms with E-state index < -0.39 is 0 Å². The molecule has 30 heavy (non-hydrogen) atoms. The van der Waals surface area contributed by atoms with Crippen molar-refractivity contribution in [3.8, 4) is 0 Å². The van der Waals surface area contributed by atoms with Gasteiger partial charge in [0.25, 0.3) is 11.8 Å². The molecule has 0 saturated heterocycles. The van der Waals surface area contributed by atoms with E-state index in [1.54, 1.807) is 54.3 Å². The van der Waals surface area contributed by atoms with Gasteiger partial charge in [0.2, 0.25) is 0 Å². The third kappa shape index (κ3) is 4.68. The largest absolute Gasteiger partial charge is 0.340 e. The Morgan fingerprint density at radius 2 is 1.60 bits per heavy atom. The lowest BCUT2D eigenvalue weighted by Gasteiger charge is -2.09. The van der Waals surface area contributed by atoms with Gasteiger partial charge >= 0.3 is 0 Å². The Hall–Kier alpha value is -4.04. The van der Waals surface area contributed by atoms with Crippen LogP contribution in [-0.2, 0) is 0 Å². The molecule has 3 heterocycles. The molecule has 7 nitrogen and oxygen atoms in total. The normalized spacial score (nSPS) is 10.3. The second-order valence-corrected chi connectivity index (χ2v) is 7.15. The number of para-hydroxylation sites is 1. The zero-order valence-corrected chi connectivity index (χ0v) is 16.5. The first-order chi connectivity index (χ1) is 14.7. The fraction of sp³-hybridized carbons (Fsp3) is 0. The first-order valence-corrected chi connectivity index (χ1v) is 9.95. The molecule has 0 radical (unpaired) electrons. The fourth-order valence-electron chi connectivity index (χ4n) is 2.68. The number of carbonyl (C=O) groups excluding carboxylic acids is 2. The van der Waals surface area contributed by atoms with Crippen molar-refractivity contribution < 1.29 is 9.59 Å². The minimum atomic E-state index is -0.319. The average Bonchev–Trinajstić information content (AvgIpc) is 3.25. The number of amides is 2. The number of anilines is 4. The van der Waals surface area contributed by atoms with Crippen LogP contribution in [0.25, 0.3) is 0 Å². The third-order valence-electron chi connectivity index (χ3n) is 4.13. The summed E-state index contributed by atoms with van der Waals surface area (Å²) in [7, 11) is 0. The molecule has 4 aromatic rings. The molecule has 3 aromatic heterocycles. The van der Waals surface area contributed by atoms with E-state index in [4.69, 9.17) is 0 Å². The summed E-state index contributed by atoms with van der Waals surface area (Å²) in [5.41, 5.74) is 2.40. The van der Waals surface area contributed by atoms with Crippen LogP contribution in [-0.4, -0.2) is 21.8 Å². The standard InChI is InChI=1S/C22H17N5O2S/c28-21(15-8-11-23-12-9-15)27-18-10-13-30-20(18)22(29)26-17-6-7-19(24-14-17)25-16-4-2-1-3-5-16/h1-14H,(H,24,25)(H,26,29)(H,27,28). The van der Waals surface area contributed by atoms with E-state index in [2.05, 4.69) is 25.9 Å². The summed E-state index contributed by atoms with van der Waals surface area (Å²) in [6.45, 7) is 0.